The van der Waals surface area contributed by atoms with Crippen LogP contribution in [-0.2, 0) is 27.8 Å². The quantitative estimate of drug-likeness (QED) is 0.630. The highest BCUT2D eigenvalue weighted by molar-refractivity contribution is 7.92. The van der Waals surface area contributed by atoms with Crippen molar-refractivity contribution >= 4 is 38.2 Å². The fourth-order valence-corrected chi connectivity index (χ4v) is 4.75. The zero-order chi connectivity index (χ0) is 19.9. The lowest BCUT2D eigenvalue weighted by Gasteiger charge is -2.20. The molecule has 0 spiro atoms. The van der Waals surface area contributed by atoms with Crippen molar-refractivity contribution in [3.8, 4) is 0 Å². The molecule has 7 nitrogen and oxygen atoms in total. The maximum atomic E-state index is 13.0. The fourth-order valence-electron chi connectivity index (χ4n) is 3.56. The number of carbonyl (C=O) groups excluding carboxylic acids is 1. The number of nitrogens with zero attached hydrogens (tertiary/aromatic N) is 1. The number of sulfonamides is 1. The molecule has 0 atom stereocenters. The Hall–Kier alpha value is -2.84. The number of H-pyrrole nitrogens is 1. The zero-order valence-electron chi connectivity index (χ0n) is 15.7. The van der Waals surface area contributed by atoms with Gasteiger partial charge >= 0.3 is 0 Å². The molecular weight excluding hydrogens is 376 g/mol. The maximum Gasteiger partial charge on any atom is 0.264 e. The molecule has 0 aliphatic carbocycles. The molecule has 0 bridgehead atoms. The summed E-state index contributed by atoms with van der Waals surface area (Å²) in [6, 6.07) is 11.8. The third-order valence-corrected chi connectivity index (χ3v) is 6.83. The van der Waals surface area contributed by atoms with Crippen molar-refractivity contribution < 1.29 is 13.2 Å². The van der Waals surface area contributed by atoms with Gasteiger partial charge in [0.15, 0.2) is 0 Å². The minimum atomic E-state index is -3.71. The number of amides is 1. The summed E-state index contributed by atoms with van der Waals surface area (Å²) in [7, 11) is -2.16. The van der Waals surface area contributed by atoms with Crippen LogP contribution in [0.25, 0.3) is 10.9 Å². The van der Waals surface area contributed by atoms with Crippen molar-refractivity contribution in [2.24, 2.45) is 0 Å². The van der Waals surface area contributed by atoms with Crippen LogP contribution in [0.2, 0.25) is 0 Å². The van der Waals surface area contributed by atoms with Crippen molar-refractivity contribution in [2.45, 2.75) is 24.8 Å². The molecule has 4 rings (SSSR count). The largest absolute Gasteiger partial charge is 0.357 e. The molecule has 0 saturated carbocycles. The number of aromatic amines is 1. The number of hydrogen-bond donors (Lipinski definition) is 3. The van der Waals surface area contributed by atoms with Crippen LogP contribution in [-0.4, -0.2) is 32.9 Å². The molecule has 2 aromatic carbocycles. The van der Waals surface area contributed by atoms with Crippen LogP contribution in [0.4, 0.5) is 11.4 Å². The predicted octanol–water partition coefficient (Wildman–Crippen LogP) is 2.60. The first kappa shape index (κ1) is 18.5. The Morgan fingerprint density at radius 3 is 2.61 bits per heavy atom. The summed E-state index contributed by atoms with van der Waals surface area (Å²) in [5.74, 6) is -0.203. The van der Waals surface area contributed by atoms with Crippen LogP contribution in [0, 0.1) is 0 Å². The van der Waals surface area contributed by atoms with E-state index in [-0.39, 0.29) is 10.8 Å². The zero-order valence-corrected chi connectivity index (χ0v) is 16.6. The molecule has 0 unspecified atom stereocenters. The van der Waals surface area contributed by atoms with Crippen molar-refractivity contribution in [3.63, 3.8) is 0 Å². The Labute approximate surface area is 163 Å². The summed E-state index contributed by atoms with van der Waals surface area (Å²) in [5, 5.41) is 7.04. The summed E-state index contributed by atoms with van der Waals surface area (Å²) >= 11 is 0. The van der Waals surface area contributed by atoms with E-state index in [0.29, 0.717) is 11.4 Å². The molecule has 28 heavy (non-hydrogen) atoms. The van der Waals surface area contributed by atoms with E-state index in [1.807, 2.05) is 12.1 Å². The second-order valence-electron chi connectivity index (χ2n) is 6.92. The molecule has 2 heterocycles. The first-order valence-corrected chi connectivity index (χ1v) is 10.5. The Kier molecular flexibility index (Phi) is 4.60. The number of nitrogens with one attached hydrogen (secondary N) is 3. The number of fused-ring (bicyclic) bond motifs is 3. The van der Waals surface area contributed by atoms with Gasteiger partial charge in [-0.2, -0.15) is 0 Å². The third kappa shape index (κ3) is 3.25. The van der Waals surface area contributed by atoms with E-state index in [9.17, 15) is 13.2 Å². The van der Waals surface area contributed by atoms with Crippen LogP contribution in [0.15, 0.2) is 47.4 Å². The van der Waals surface area contributed by atoms with E-state index in [1.54, 1.807) is 25.2 Å². The average Bonchev–Trinajstić information content (AvgIpc) is 3.05. The molecule has 3 N–H and O–H groups in total. The van der Waals surface area contributed by atoms with Gasteiger partial charge in [0.05, 0.1) is 10.6 Å². The van der Waals surface area contributed by atoms with Crippen molar-refractivity contribution in [1.82, 2.24) is 10.3 Å². The maximum absolute atomic E-state index is 13.0. The Morgan fingerprint density at radius 1 is 1.14 bits per heavy atom. The number of hydrogen-bond acceptors (Lipinski definition) is 4. The van der Waals surface area contributed by atoms with Crippen molar-refractivity contribution in [1.29, 1.82) is 0 Å². The van der Waals surface area contributed by atoms with E-state index in [4.69, 9.17) is 0 Å². The second kappa shape index (κ2) is 6.96. The topological polar surface area (TPSA) is 94.3 Å². The first-order valence-electron chi connectivity index (χ1n) is 9.07. The van der Waals surface area contributed by atoms with Crippen LogP contribution in [0.5, 0.6) is 0 Å². The molecule has 0 saturated heterocycles. The van der Waals surface area contributed by atoms with Gasteiger partial charge in [-0.3, -0.25) is 9.10 Å². The number of anilines is 2. The van der Waals surface area contributed by atoms with E-state index in [2.05, 4.69) is 15.6 Å². The Balaban J connectivity index is 1.67. The summed E-state index contributed by atoms with van der Waals surface area (Å²) in [6.07, 6.45) is 0.917. The number of benzene rings is 2. The monoisotopic (exact) mass is 398 g/mol. The van der Waals surface area contributed by atoms with Gasteiger partial charge in [0.25, 0.3) is 10.0 Å². The molecule has 1 aliphatic heterocycles. The van der Waals surface area contributed by atoms with E-state index in [0.717, 1.165) is 36.1 Å². The Morgan fingerprint density at radius 2 is 1.89 bits per heavy atom. The Bertz CT molecular complexity index is 1150. The van der Waals surface area contributed by atoms with E-state index < -0.39 is 10.0 Å². The van der Waals surface area contributed by atoms with Gasteiger partial charge in [0.2, 0.25) is 5.91 Å². The minimum absolute atomic E-state index is 0.171. The molecule has 1 aliphatic rings. The van der Waals surface area contributed by atoms with Gasteiger partial charge in [0.1, 0.15) is 0 Å². The van der Waals surface area contributed by atoms with Crippen LogP contribution in [0.1, 0.15) is 18.2 Å². The highest BCUT2D eigenvalue weighted by Crippen LogP contribution is 2.31. The first-order chi connectivity index (χ1) is 13.4. The van der Waals surface area contributed by atoms with Crippen molar-refractivity contribution in [3.05, 3.63) is 53.7 Å². The van der Waals surface area contributed by atoms with Crippen LogP contribution in [0.3, 0.4) is 0 Å². The van der Waals surface area contributed by atoms with Gasteiger partial charge in [0, 0.05) is 42.8 Å². The van der Waals surface area contributed by atoms with Gasteiger partial charge < -0.3 is 15.6 Å². The summed E-state index contributed by atoms with van der Waals surface area (Å²) in [4.78, 5) is 14.7. The van der Waals surface area contributed by atoms with Crippen molar-refractivity contribution in [2.75, 3.05) is 23.2 Å². The fraction of sp³-hybridized carbons (Fsp3) is 0.250. The van der Waals surface area contributed by atoms with Gasteiger partial charge in [-0.1, -0.05) is 0 Å². The molecule has 0 radical (unpaired) electrons. The molecule has 3 aromatic rings. The number of carbonyl (C=O) groups is 1. The molecule has 1 amide bonds. The molecule has 8 heteroatoms. The molecule has 1 aromatic heterocycles. The number of rotatable bonds is 4. The van der Waals surface area contributed by atoms with Gasteiger partial charge in [-0.15, -0.1) is 0 Å². The second-order valence-corrected chi connectivity index (χ2v) is 8.89. The van der Waals surface area contributed by atoms with Crippen LogP contribution >= 0.6 is 0 Å². The number of aromatic nitrogens is 1. The lowest BCUT2D eigenvalue weighted by Crippen LogP contribution is -2.26. The van der Waals surface area contributed by atoms with Crippen LogP contribution < -0.4 is 14.9 Å². The smallest absolute Gasteiger partial charge is 0.264 e. The summed E-state index contributed by atoms with van der Waals surface area (Å²) in [5.41, 5.74) is 4.60. The highest BCUT2D eigenvalue weighted by atomic mass is 32.2. The SMILES string of the molecule is CC(=O)Nc1ccc(S(=O)(=O)N(C)c2ccc3[nH]c4c(c3c2)CCNC4)cc1. The normalized spacial score (nSPS) is 13.9. The standard InChI is InChI=1S/C20H22N4O3S/c1-13(25)22-14-3-6-16(7-4-14)28(26,27)24(2)15-5-8-19-18(11-15)17-9-10-21-12-20(17)23-19/h3-8,11,21,23H,9-10,12H2,1-2H3,(H,22,25). The summed E-state index contributed by atoms with van der Waals surface area (Å²) < 4.78 is 27.4. The summed E-state index contributed by atoms with van der Waals surface area (Å²) in [6.45, 7) is 3.12. The van der Waals surface area contributed by atoms with E-state index >= 15 is 0 Å². The predicted molar refractivity (Wildman–Crippen MR) is 110 cm³/mol. The molecule has 146 valence electrons. The van der Waals surface area contributed by atoms with Gasteiger partial charge in [-0.25, -0.2) is 8.42 Å². The molecular formula is C20H22N4O3S. The lowest BCUT2D eigenvalue weighted by atomic mass is 10.0. The minimum Gasteiger partial charge on any atom is -0.357 e. The molecule has 0 fully saturated rings. The average molecular weight is 398 g/mol. The van der Waals surface area contributed by atoms with Gasteiger partial charge in [-0.05, 0) is 61.0 Å². The third-order valence-electron chi connectivity index (χ3n) is 5.03. The van der Waals surface area contributed by atoms with E-state index in [1.165, 1.54) is 28.9 Å². The lowest BCUT2D eigenvalue weighted by molar-refractivity contribution is -0.114. The highest BCUT2D eigenvalue weighted by Gasteiger charge is 2.23.